The number of aromatic amines is 1. The van der Waals surface area contributed by atoms with Crippen molar-refractivity contribution in [3.8, 4) is 5.75 Å². The van der Waals surface area contributed by atoms with Crippen LogP contribution in [0.3, 0.4) is 0 Å². The van der Waals surface area contributed by atoms with Crippen molar-refractivity contribution in [1.82, 2.24) is 15.3 Å². The summed E-state index contributed by atoms with van der Waals surface area (Å²) >= 11 is 0. The summed E-state index contributed by atoms with van der Waals surface area (Å²) in [5.41, 5.74) is 0.809. The molecule has 0 fully saturated rings. The molecule has 1 heterocycles. The van der Waals surface area contributed by atoms with Crippen LogP contribution in [0.2, 0.25) is 0 Å². The maximum Gasteiger partial charge on any atom is 0.337 e. The molecule has 0 aliphatic carbocycles. The van der Waals surface area contributed by atoms with Crippen LogP contribution in [0.1, 0.15) is 16.1 Å². The smallest absolute Gasteiger partial charge is 0.337 e. The van der Waals surface area contributed by atoms with E-state index in [-0.39, 0.29) is 17.0 Å². The Kier molecular flexibility index (Phi) is 4.39. The SMILES string of the molecule is O=C(NCCc1cnc[nH]1)Nc1ccc(O)cc1C(=O)O. The van der Waals surface area contributed by atoms with Gasteiger partial charge in [-0.2, -0.15) is 0 Å². The molecule has 0 saturated heterocycles. The van der Waals surface area contributed by atoms with Gasteiger partial charge in [0.1, 0.15) is 5.75 Å². The maximum atomic E-state index is 11.7. The van der Waals surface area contributed by atoms with Gasteiger partial charge in [0.2, 0.25) is 0 Å². The van der Waals surface area contributed by atoms with E-state index in [1.165, 1.54) is 12.1 Å². The minimum atomic E-state index is -1.24. The number of nitrogens with zero attached hydrogens (tertiary/aromatic N) is 1. The number of phenols is 1. The molecule has 0 aliphatic heterocycles. The zero-order chi connectivity index (χ0) is 15.2. The number of aromatic hydroxyl groups is 1. The third-order valence-corrected chi connectivity index (χ3v) is 2.72. The van der Waals surface area contributed by atoms with Crippen molar-refractivity contribution < 1.29 is 19.8 Å². The third kappa shape index (κ3) is 3.96. The maximum absolute atomic E-state index is 11.7. The molecule has 2 rings (SSSR count). The predicted octanol–water partition coefficient (Wildman–Crippen LogP) is 1.18. The van der Waals surface area contributed by atoms with Crippen molar-refractivity contribution in [2.75, 3.05) is 11.9 Å². The van der Waals surface area contributed by atoms with Crippen LogP contribution >= 0.6 is 0 Å². The molecule has 0 bridgehead atoms. The highest BCUT2D eigenvalue weighted by molar-refractivity contribution is 6.00. The molecule has 2 amide bonds. The van der Waals surface area contributed by atoms with Crippen molar-refractivity contribution in [3.63, 3.8) is 0 Å². The number of H-pyrrole nitrogens is 1. The molecule has 110 valence electrons. The van der Waals surface area contributed by atoms with Crippen molar-refractivity contribution >= 4 is 17.7 Å². The van der Waals surface area contributed by atoms with Crippen molar-refractivity contribution in [3.05, 3.63) is 42.0 Å². The molecule has 1 aromatic heterocycles. The van der Waals surface area contributed by atoms with E-state index in [0.717, 1.165) is 11.8 Å². The number of aromatic carboxylic acids is 1. The quantitative estimate of drug-likeness (QED) is 0.528. The molecular weight excluding hydrogens is 276 g/mol. The molecular formula is C13H14N4O4. The molecule has 8 heteroatoms. The van der Waals surface area contributed by atoms with Gasteiger partial charge in [0.15, 0.2) is 0 Å². The Balaban J connectivity index is 1.92. The largest absolute Gasteiger partial charge is 0.508 e. The van der Waals surface area contributed by atoms with E-state index < -0.39 is 12.0 Å². The Hall–Kier alpha value is -3.03. The summed E-state index contributed by atoms with van der Waals surface area (Å²) in [6, 6.07) is 3.17. The molecule has 0 unspecified atom stereocenters. The Labute approximate surface area is 119 Å². The van der Waals surface area contributed by atoms with E-state index >= 15 is 0 Å². The van der Waals surface area contributed by atoms with Crippen LogP contribution in [0.5, 0.6) is 5.75 Å². The van der Waals surface area contributed by atoms with Gasteiger partial charge in [-0.15, -0.1) is 0 Å². The number of urea groups is 1. The molecule has 5 N–H and O–H groups in total. The summed E-state index contributed by atoms with van der Waals surface area (Å²) in [7, 11) is 0. The molecule has 0 saturated carbocycles. The lowest BCUT2D eigenvalue weighted by molar-refractivity contribution is 0.0697. The van der Waals surface area contributed by atoms with Gasteiger partial charge in [-0.05, 0) is 18.2 Å². The number of benzene rings is 1. The van der Waals surface area contributed by atoms with Gasteiger partial charge in [-0.25, -0.2) is 14.6 Å². The number of anilines is 1. The molecule has 0 aliphatic rings. The number of carbonyl (C=O) groups is 2. The number of amides is 2. The second-order valence-corrected chi connectivity index (χ2v) is 4.24. The first kappa shape index (κ1) is 14.4. The lowest BCUT2D eigenvalue weighted by Crippen LogP contribution is -2.31. The highest BCUT2D eigenvalue weighted by Gasteiger charge is 2.13. The van der Waals surface area contributed by atoms with E-state index in [1.54, 1.807) is 12.5 Å². The van der Waals surface area contributed by atoms with Gasteiger partial charge in [-0.1, -0.05) is 0 Å². The Bertz CT molecular complexity index is 640. The first-order valence-corrected chi connectivity index (χ1v) is 6.14. The zero-order valence-corrected chi connectivity index (χ0v) is 11.0. The molecule has 8 nitrogen and oxygen atoms in total. The van der Waals surface area contributed by atoms with Gasteiger partial charge in [-0.3, -0.25) is 0 Å². The third-order valence-electron chi connectivity index (χ3n) is 2.72. The molecule has 0 atom stereocenters. The van der Waals surface area contributed by atoms with Crippen LogP contribution in [0.4, 0.5) is 10.5 Å². The van der Waals surface area contributed by atoms with Gasteiger partial charge in [0, 0.05) is 24.9 Å². The summed E-state index contributed by atoms with van der Waals surface area (Å²) < 4.78 is 0. The van der Waals surface area contributed by atoms with Crippen LogP contribution in [-0.4, -0.2) is 38.7 Å². The highest BCUT2D eigenvalue weighted by Crippen LogP contribution is 2.21. The average Bonchev–Trinajstić information content (AvgIpc) is 2.94. The van der Waals surface area contributed by atoms with Gasteiger partial charge < -0.3 is 25.8 Å². The monoisotopic (exact) mass is 290 g/mol. The molecule has 2 aromatic rings. The fraction of sp³-hybridized carbons (Fsp3) is 0.154. The summed E-state index contributed by atoms with van der Waals surface area (Å²) in [5, 5.41) is 23.3. The van der Waals surface area contributed by atoms with Crippen LogP contribution < -0.4 is 10.6 Å². The van der Waals surface area contributed by atoms with Crippen LogP contribution in [0, 0.1) is 0 Å². The Morgan fingerprint density at radius 1 is 1.33 bits per heavy atom. The number of nitrogens with one attached hydrogen (secondary N) is 3. The number of carboxylic acid groups (broad SMARTS) is 1. The zero-order valence-electron chi connectivity index (χ0n) is 11.0. The van der Waals surface area contributed by atoms with E-state index in [0.29, 0.717) is 13.0 Å². The average molecular weight is 290 g/mol. The summed E-state index contributed by atoms with van der Waals surface area (Å²) in [6.45, 7) is 0.370. The fourth-order valence-corrected chi connectivity index (χ4v) is 1.72. The van der Waals surface area contributed by atoms with Gasteiger partial charge in [0.25, 0.3) is 0 Å². The minimum Gasteiger partial charge on any atom is -0.508 e. The summed E-state index contributed by atoms with van der Waals surface area (Å²) in [5.74, 6) is -1.42. The normalized spacial score (nSPS) is 10.1. The van der Waals surface area contributed by atoms with E-state index in [4.69, 9.17) is 5.11 Å². The van der Waals surface area contributed by atoms with Crippen molar-refractivity contribution in [1.29, 1.82) is 0 Å². The lowest BCUT2D eigenvalue weighted by atomic mass is 10.1. The number of phenolic OH excluding ortho intramolecular Hbond substituents is 1. The Morgan fingerprint density at radius 2 is 2.14 bits per heavy atom. The van der Waals surface area contributed by atoms with E-state index in [2.05, 4.69) is 20.6 Å². The van der Waals surface area contributed by atoms with Gasteiger partial charge in [0.05, 0.1) is 17.6 Å². The standard InChI is InChI=1S/C13H14N4O4/c18-9-1-2-11(10(5-9)12(19)20)17-13(21)15-4-3-8-6-14-7-16-8/h1-2,5-7,18H,3-4H2,(H,14,16)(H,19,20)(H2,15,17,21). The van der Waals surface area contributed by atoms with Crippen LogP contribution in [-0.2, 0) is 6.42 Å². The summed E-state index contributed by atoms with van der Waals surface area (Å²) in [4.78, 5) is 29.5. The number of aromatic nitrogens is 2. The van der Waals surface area contributed by atoms with E-state index in [9.17, 15) is 14.7 Å². The molecule has 0 spiro atoms. The molecule has 21 heavy (non-hydrogen) atoms. The van der Waals surface area contributed by atoms with E-state index in [1.807, 2.05) is 0 Å². The van der Waals surface area contributed by atoms with Crippen molar-refractivity contribution in [2.45, 2.75) is 6.42 Å². The number of hydrogen-bond acceptors (Lipinski definition) is 4. The first-order valence-electron chi connectivity index (χ1n) is 6.14. The summed E-state index contributed by atoms with van der Waals surface area (Å²) in [6.07, 6.45) is 3.78. The number of hydrogen-bond donors (Lipinski definition) is 5. The second-order valence-electron chi connectivity index (χ2n) is 4.24. The molecule has 0 radical (unpaired) electrons. The first-order chi connectivity index (χ1) is 10.1. The number of carboxylic acids is 1. The lowest BCUT2D eigenvalue weighted by Gasteiger charge is -2.10. The predicted molar refractivity (Wildman–Crippen MR) is 74.4 cm³/mol. The van der Waals surface area contributed by atoms with Crippen LogP contribution in [0.15, 0.2) is 30.7 Å². The van der Waals surface area contributed by atoms with Crippen LogP contribution in [0.25, 0.3) is 0 Å². The number of carbonyl (C=O) groups excluding carboxylic acids is 1. The molecule has 1 aromatic carbocycles. The van der Waals surface area contributed by atoms with Crippen molar-refractivity contribution in [2.24, 2.45) is 0 Å². The topological polar surface area (TPSA) is 127 Å². The fourth-order valence-electron chi connectivity index (χ4n) is 1.72. The second kappa shape index (κ2) is 6.42. The minimum absolute atomic E-state index is 0.111. The Morgan fingerprint density at radius 3 is 2.81 bits per heavy atom. The highest BCUT2D eigenvalue weighted by atomic mass is 16.4. The number of imidazole rings is 1. The number of rotatable bonds is 5. The van der Waals surface area contributed by atoms with Gasteiger partial charge >= 0.3 is 12.0 Å².